The van der Waals surface area contributed by atoms with Gasteiger partial charge in [0, 0.05) is 23.0 Å². The molecule has 0 fully saturated rings. The van der Waals surface area contributed by atoms with Gasteiger partial charge < -0.3 is 10.1 Å². The third-order valence-corrected chi connectivity index (χ3v) is 4.93. The average Bonchev–Trinajstić information content (AvgIpc) is 2.67. The Morgan fingerprint density at radius 2 is 1.96 bits per heavy atom. The van der Waals surface area contributed by atoms with Crippen LogP contribution in [0.25, 0.3) is 10.9 Å². The van der Waals surface area contributed by atoms with E-state index in [0.29, 0.717) is 18.7 Å². The summed E-state index contributed by atoms with van der Waals surface area (Å²) in [5, 5.41) is 3.81. The van der Waals surface area contributed by atoms with Crippen LogP contribution in [-0.4, -0.2) is 23.2 Å². The molecule has 0 atom stereocenters. The number of nitrogens with one attached hydrogen (secondary N) is 1. The van der Waals surface area contributed by atoms with Crippen LogP contribution in [0.4, 0.5) is 0 Å². The number of amides is 1. The number of pyridine rings is 1. The molecule has 0 saturated heterocycles. The summed E-state index contributed by atoms with van der Waals surface area (Å²) in [5.74, 6) is 1.56. The lowest BCUT2D eigenvalue weighted by atomic mass is 10.1. The molecule has 4 nitrogen and oxygen atoms in total. The second kappa shape index (κ2) is 8.72. The first kappa shape index (κ1) is 18.3. The van der Waals surface area contributed by atoms with Crippen LogP contribution in [0, 0.1) is 0 Å². The fourth-order valence-corrected chi connectivity index (χ4v) is 3.60. The van der Waals surface area contributed by atoms with Crippen LogP contribution in [0.5, 0.6) is 5.75 Å². The molecule has 0 saturated carbocycles. The smallest absolute Gasteiger partial charge is 0.254 e. The molecule has 0 aliphatic heterocycles. The fourth-order valence-electron chi connectivity index (χ4n) is 2.70. The molecule has 3 rings (SSSR count). The van der Waals surface area contributed by atoms with Gasteiger partial charge in [-0.25, -0.2) is 0 Å². The van der Waals surface area contributed by atoms with Gasteiger partial charge in [-0.2, -0.15) is 0 Å². The van der Waals surface area contributed by atoms with Gasteiger partial charge in [-0.15, -0.1) is 11.8 Å². The Morgan fingerprint density at radius 3 is 2.69 bits per heavy atom. The van der Waals surface area contributed by atoms with Crippen molar-refractivity contribution in [2.45, 2.75) is 25.3 Å². The molecule has 3 aromatic rings. The molecule has 0 aliphatic rings. The molecule has 1 amide bonds. The molecule has 0 bridgehead atoms. The van der Waals surface area contributed by atoms with Crippen LogP contribution in [0.15, 0.2) is 59.6 Å². The number of hydrogen-bond acceptors (Lipinski definition) is 4. The number of rotatable bonds is 7. The Bertz CT molecular complexity index is 897. The first-order valence-electron chi connectivity index (χ1n) is 8.73. The van der Waals surface area contributed by atoms with Gasteiger partial charge in [0.15, 0.2) is 0 Å². The number of ether oxygens (including phenoxy) is 1. The van der Waals surface area contributed by atoms with Gasteiger partial charge in [0.25, 0.3) is 5.91 Å². The number of carbonyl (C=O) groups is 1. The summed E-state index contributed by atoms with van der Waals surface area (Å²) in [6, 6.07) is 15.9. The van der Waals surface area contributed by atoms with Crippen molar-refractivity contribution in [1.29, 1.82) is 0 Å². The van der Waals surface area contributed by atoms with Gasteiger partial charge in [0.2, 0.25) is 0 Å². The highest BCUT2D eigenvalue weighted by Crippen LogP contribution is 2.32. The number of carbonyl (C=O) groups excluding carboxylic acids is 1. The van der Waals surface area contributed by atoms with E-state index < -0.39 is 0 Å². The van der Waals surface area contributed by atoms with Crippen molar-refractivity contribution in [1.82, 2.24) is 10.3 Å². The van der Waals surface area contributed by atoms with Crippen LogP contribution in [-0.2, 0) is 6.61 Å². The Hall–Kier alpha value is -2.53. The number of fused-ring (bicyclic) bond motifs is 1. The van der Waals surface area contributed by atoms with Gasteiger partial charge in [0.1, 0.15) is 12.4 Å². The molecule has 5 heteroatoms. The van der Waals surface area contributed by atoms with Crippen molar-refractivity contribution in [3.8, 4) is 5.75 Å². The van der Waals surface area contributed by atoms with Crippen molar-refractivity contribution in [3.63, 3.8) is 0 Å². The SMILES string of the molecule is CCNC(=O)c1cnc2ccc(OCc3ccccc3)cc2c1SCC. The Labute approximate surface area is 158 Å². The molecule has 1 aromatic heterocycles. The van der Waals surface area contributed by atoms with Crippen molar-refractivity contribution in [2.75, 3.05) is 12.3 Å². The summed E-state index contributed by atoms with van der Waals surface area (Å²) in [6.07, 6.45) is 1.66. The highest BCUT2D eigenvalue weighted by atomic mass is 32.2. The van der Waals surface area contributed by atoms with E-state index in [4.69, 9.17) is 4.74 Å². The maximum absolute atomic E-state index is 12.4. The zero-order chi connectivity index (χ0) is 18.4. The van der Waals surface area contributed by atoms with Crippen molar-refractivity contribution < 1.29 is 9.53 Å². The van der Waals surface area contributed by atoms with E-state index in [-0.39, 0.29) is 5.91 Å². The summed E-state index contributed by atoms with van der Waals surface area (Å²) in [4.78, 5) is 17.8. The number of aromatic nitrogens is 1. The van der Waals surface area contributed by atoms with Gasteiger partial charge in [-0.1, -0.05) is 37.3 Å². The van der Waals surface area contributed by atoms with Gasteiger partial charge in [-0.05, 0) is 36.4 Å². The largest absolute Gasteiger partial charge is 0.489 e. The number of hydrogen-bond donors (Lipinski definition) is 1. The van der Waals surface area contributed by atoms with E-state index in [0.717, 1.165) is 32.9 Å². The van der Waals surface area contributed by atoms with E-state index in [9.17, 15) is 4.79 Å². The standard InChI is InChI=1S/C21H22N2O2S/c1-3-22-21(24)18-13-23-19-11-10-16(12-17(19)20(18)26-4-2)25-14-15-8-6-5-7-9-15/h5-13H,3-4,14H2,1-2H3,(H,22,24). The number of thioether (sulfide) groups is 1. The van der Waals surface area contributed by atoms with E-state index in [1.54, 1.807) is 18.0 Å². The van der Waals surface area contributed by atoms with Crippen molar-refractivity contribution >= 4 is 28.6 Å². The summed E-state index contributed by atoms with van der Waals surface area (Å²) < 4.78 is 5.94. The minimum absolute atomic E-state index is 0.0894. The maximum Gasteiger partial charge on any atom is 0.254 e. The molecule has 134 valence electrons. The number of nitrogens with zero attached hydrogens (tertiary/aromatic N) is 1. The van der Waals surface area contributed by atoms with Crippen molar-refractivity contribution in [2.24, 2.45) is 0 Å². The minimum atomic E-state index is -0.0894. The molecule has 0 unspecified atom stereocenters. The van der Waals surface area contributed by atoms with E-state index >= 15 is 0 Å². The molecule has 1 N–H and O–H groups in total. The Balaban J connectivity index is 1.95. The first-order valence-corrected chi connectivity index (χ1v) is 9.72. The summed E-state index contributed by atoms with van der Waals surface area (Å²) in [6.45, 7) is 5.09. The third kappa shape index (κ3) is 4.17. The lowest BCUT2D eigenvalue weighted by Gasteiger charge is -2.13. The molecule has 0 aliphatic carbocycles. The first-order chi connectivity index (χ1) is 12.7. The topological polar surface area (TPSA) is 51.2 Å². The second-order valence-corrected chi connectivity index (χ2v) is 7.02. The number of benzene rings is 2. The minimum Gasteiger partial charge on any atom is -0.489 e. The Morgan fingerprint density at radius 1 is 1.15 bits per heavy atom. The van der Waals surface area contributed by atoms with Gasteiger partial charge in [-0.3, -0.25) is 9.78 Å². The molecule has 1 heterocycles. The second-order valence-electron chi connectivity index (χ2n) is 5.75. The zero-order valence-corrected chi connectivity index (χ0v) is 15.8. The fraction of sp³-hybridized carbons (Fsp3) is 0.238. The summed E-state index contributed by atoms with van der Waals surface area (Å²) in [7, 11) is 0. The molecular weight excluding hydrogens is 344 g/mol. The van der Waals surface area contributed by atoms with Gasteiger partial charge >= 0.3 is 0 Å². The highest BCUT2D eigenvalue weighted by molar-refractivity contribution is 7.99. The normalized spacial score (nSPS) is 10.7. The van der Waals surface area contributed by atoms with E-state index in [1.807, 2.05) is 55.5 Å². The predicted octanol–water partition coefficient (Wildman–Crippen LogP) is 4.68. The molecule has 0 spiro atoms. The van der Waals surface area contributed by atoms with Crippen LogP contribution >= 0.6 is 11.8 Å². The molecular formula is C21H22N2O2S. The lowest BCUT2D eigenvalue weighted by molar-refractivity contribution is 0.0953. The maximum atomic E-state index is 12.4. The van der Waals surface area contributed by atoms with Crippen molar-refractivity contribution in [3.05, 3.63) is 65.9 Å². The van der Waals surface area contributed by atoms with E-state index in [2.05, 4.69) is 17.2 Å². The summed E-state index contributed by atoms with van der Waals surface area (Å²) in [5.41, 5.74) is 2.59. The monoisotopic (exact) mass is 366 g/mol. The van der Waals surface area contributed by atoms with Gasteiger partial charge in [0.05, 0.1) is 11.1 Å². The summed E-state index contributed by atoms with van der Waals surface area (Å²) >= 11 is 1.65. The van der Waals surface area contributed by atoms with Crippen LogP contribution < -0.4 is 10.1 Å². The predicted molar refractivity (Wildman–Crippen MR) is 107 cm³/mol. The third-order valence-electron chi connectivity index (χ3n) is 3.91. The average molecular weight is 366 g/mol. The molecule has 26 heavy (non-hydrogen) atoms. The molecule has 0 radical (unpaired) electrons. The van der Waals surface area contributed by atoms with Crippen LogP contribution in [0.2, 0.25) is 0 Å². The lowest BCUT2D eigenvalue weighted by Crippen LogP contribution is -2.23. The van der Waals surface area contributed by atoms with Crippen LogP contribution in [0.1, 0.15) is 29.8 Å². The Kier molecular flexibility index (Phi) is 6.12. The zero-order valence-electron chi connectivity index (χ0n) is 15.0. The highest BCUT2D eigenvalue weighted by Gasteiger charge is 2.15. The molecule has 2 aromatic carbocycles. The van der Waals surface area contributed by atoms with Crippen LogP contribution in [0.3, 0.4) is 0 Å². The quantitative estimate of drug-likeness (QED) is 0.617. The van der Waals surface area contributed by atoms with E-state index in [1.165, 1.54) is 0 Å².